The molecule has 0 spiro atoms. The average molecular weight is 262 g/mol. The smallest absolute Gasteiger partial charge is 0.231 e. The predicted octanol–water partition coefficient (Wildman–Crippen LogP) is 3.51. The molecule has 0 heterocycles. The van der Waals surface area contributed by atoms with Gasteiger partial charge in [-0.2, -0.15) is 0 Å². The zero-order valence-electron chi connectivity index (χ0n) is 12.9. The molecule has 19 heavy (non-hydrogen) atoms. The van der Waals surface area contributed by atoms with Crippen molar-refractivity contribution < 1.29 is 4.79 Å². The van der Waals surface area contributed by atoms with E-state index in [4.69, 9.17) is 5.73 Å². The topological polar surface area (TPSA) is 55.1 Å². The van der Waals surface area contributed by atoms with Gasteiger partial charge in [0.25, 0.3) is 0 Å². The van der Waals surface area contributed by atoms with Crippen molar-refractivity contribution in [3.05, 3.63) is 29.8 Å². The molecule has 0 aromatic heterocycles. The highest BCUT2D eigenvalue weighted by atomic mass is 16.2. The lowest BCUT2D eigenvalue weighted by Crippen LogP contribution is -2.53. The minimum absolute atomic E-state index is 0.0547. The number of carbonyl (C=O) groups is 1. The van der Waals surface area contributed by atoms with Crippen LogP contribution in [0.3, 0.4) is 0 Å². The molecule has 3 N–H and O–H groups in total. The monoisotopic (exact) mass is 262 g/mol. The van der Waals surface area contributed by atoms with Crippen molar-refractivity contribution in [3.63, 3.8) is 0 Å². The third-order valence-electron chi connectivity index (χ3n) is 3.99. The summed E-state index contributed by atoms with van der Waals surface area (Å²) < 4.78 is 0. The molecule has 106 valence electrons. The molecule has 0 atom stereocenters. The average Bonchev–Trinajstić information content (AvgIpc) is 2.27. The van der Waals surface area contributed by atoms with E-state index in [1.165, 1.54) is 5.56 Å². The van der Waals surface area contributed by atoms with Gasteiger partial charge in [-0.25, -0.2) is 0 Å². The lowest BCUT2D eigenvalue weighted by molar-refractivity contribution is -0.126. The van der Waals surface area contributed by atoms with Crippen LogP contribution in [0.15, 0.2) is 24.3 Å². The van der Waals surface area contributed by atoms with Crippen molar-refractivity contribution in [1.82, 2.24) is 0 Å². The first-order chi connectivity index (χ1) is 8.55. The van der Waals surface area contributed by atoms with Gasteiger partial charge in [-0.15, -0.1) is 0 Å². The van der Waals surface area contributed by atoms with E-state index in [2.05, 4.69) is 25.2 Å². The summed E-state index contributed by atoms with van der Waals surface area (Å²) in [5.74, 6) is 0.386. The summed E-state index contributed by atoms with van der Waals surface area (Å²) in [6.07, 6.45) is 0. The molecule has 1 amide bonds. The molecule has 0 aliphatic heterocycles. The maximum absolute atomic E-state index is 12.4. The summed E-state index contributed by atoms with van der Waals surface area (Å²) in [4.78, 5) is 12.4. The first kappa shape index (κ1) is 15.7. The van der Waals surface area contributed by atoms with Gasteiger partial charge in [-0.1, -0.05) is 26.0 Å². The number of hydrogen-bond donors (Lipinski definition) is 2. The van der Waals surface area contributed by atoms with Crippen LogP contribution in [-0.4, -0.2) is 11.4 Å². The van der Waals surface area contributed by atoms with Gasteiger partial charge in [-0.3, -0.25) is 4.79 Å². The van der Waals surface area contributed by atoms with E-state index in [1.54, 1.807) is 0 Å². The maximum atomic E-state index is 12.4. The summed E-state index contributed by atoms with van der Waals surface area (Å²) in [7, 11) is 0. The van der Waals surface area contributed by atoms with Crippen molar-refractivity contribution in [2.45, 2.75) is 53.0 Å². The molecule has 0 saturated carbocycles. The second-order valence-corrected chi connectivity index (χ2v) is 6.58. The van der Waals surface area contributed by atoms with Crippen molar-refractivity contribution in [1.29, 1.82) is 0 Å². The fourth-order valence-electron chi connectivity index (χ4n) is 1.56. The van der Waals surface area contributed by atoms with Gasteiger partial charge in [-0.05, 0) is 51.3 Å². The first-order valence-electron chi connectivity index (χ1n) is 6.76. The number of rotatable bonds is 4. The van der Waals surface area contributed by atoms with E-state index < -0.39 is 11.0 Å². The summed E-state index contributed by atoms with van der Waals surface area (Å²) in [6.45, 7) is 11.7. The van der Waals surface area contributed by atoms with Crippen LogP contribution in [0.1, 0.15) is 53.0 Å². The molecule has 0 radical (unpaired) electrons. The SMILES string of the molecule is CC(C)c1cccc(NC(=O)C(C)(C)C(C)(C)N)c1. The van der Waals surface area contributed by atoms with Crippen LogP contribution >= 0.6 is 0 Å². The normalized spacial score (nSPS) is 12.6. The number of benzene rings is 1. The number of nitrogens with one attached hydrogen (secondary N) is 1. The Labute approximate surface area is 116 Å². The number of hydrogen-bond acceptors (Lipinski definition) is 2. The van der Waals surface area contributed by atoms with Crippen molar-refractivity contribution in [2.75, 3.05) is 5.32 Å². The Morgan fingerprint density at radius 2 is 1.79 bits per heavy atom. The molecule has 0 fully saturated rings. The van der Waals surface area contributed by atoms with Crippen LogP contribution in [-0.2, 0) is 4.79 Å². The lowest BCUT2D eigenvalue weighted by Gasteiger charge is -2.36. The van der Waals surface area contributed by atoms with Crippen LogP contribution in [0, 0.1) is 5.41 Å². The third kappa shape index (κ3) is 3.57. The Morgan fingerprint density at radius 3 is 2.26 bits per heavy atom. The molecular formula is C16H26N2O. The van der Waals surface area contributed by atoms with Crippen LogP contribution in [0.4, 0.5) is 5.69 Å². The van der Waals surface area contributed by atoms with Gasteiger partial charge in [0.1, 0.15) is 0 Å². The molecule has 0 aliphatic carbocycles. The highest BCUT2D eigenvalue weighted by Gasteiger charge is 2.40. The molecule has 1 rings (SSSR count). The van der Waals surface area contributed by atoms with Crippen molar-refractivity contribution >= 4 is 11.6 Å². The molecule has 1 aromatic carbocycles. The second kappa shape index (κ2) is 5.33. The van der Waals surface area contributed by atoms with Crippen LogP contribution < -0.4 is 11.1 Å². The van der Waals surface area contributed by atoms with E-state index in [9.17, 15) is 4.79 Å². The molecule has 0 unspecified atom stereocenters. The van der Waals surface area contributed by atoms with Crippen LogP contribution in [0.5, 0.6) is 0 Å². The molecule has 0 bridgehead atoms. The molecule has 3 heteroatoms. The summed E-state index contributed by atoms with van der Waals surface area (Å²) in [5, 5.41) is 2.97. The summed E-state index contributed by atoms with van der Waals surface area (Å²) in [6, 6.07) is 7.95. The zero-order chi connectivity index (χ0) is 14.8. The second-order valence-electron chi connectivity index (χ2n) is 6.58. The van der Waals surface area contributed by atoms with E-state index in [1.807, 2.05) is 45.9 Å². The standard InChI is InChI=1S/C16H26N2O/c1-11(2)12-8-7-9-13(10-12)18-14(19)15(3,4)16(5,6)17/h7-11H,17H2,1-6H3,(H,18,19). The molecule has 0 saturated heterocycles. The third-order valence-corrected chi connectivity index (χ3v) is 3.99. The van der Waals surface area contributed by atoms with Gasteiger partial charge < -0.3 is 11.1 Å². The first-order valence-corrected chi connectivity index (χ1v) is 6.76. The zero-order valence-corrected chi connectivity index (χ0v) is 12.9. The maximum Gasteiger partial charge on any atom is 0.231 e. The fourth-order valence-corrected chi connectivity index (χ4v) is 1.56. The quantitative estimate of drug-likeness (QED) is 0.872. The van der Waals surface area contributed by atoms with E-state index >= 15 is 0 Å². The number of anilines is 1. The van der Waals surface area contributed by atoms with E-state index in [-0.39, 0.29) is 5.91 Å². The Morgan fingerprint density at radius 1 is 1.21 bits per heavy atom. The Kier molecular flexibility index (Phi) is 4.41. The number of carbonyl (C=O) groups excluding carboxylic acids is 1. The summed E-state index contributed by atoms with van der Waals surface area (Å²) >= 11 is 0. The minimum Gasteiger partial charge on any atom is -0.326 e. The van der Waals surface area contributed by atoms with Gasteiger partial charge in [0.05, 0.1) is 5.41 Å². The highest BCUT2D eigenvalue weighted by molar-refractivity contribution is 5.95. The Balaban J connectivity index is 2.92. The Bertz CT molecular complexity index is 456. The van der Waals surface area contributed by atoms with Crippen molar-refractivity contribution in [2.24, 2.45) is 11.1 Å². The lowest BCUT2D eigenvalue weighted by atomic mass is 9.74. The predicted molar refractivity (Wildman–Crippen MR) is 81.2 cm³/mol. The van der Waals surface area contributed by atoms with Crippen LogP contribution in [0.25, 0.3) is 0 Å². The number of amides is 1. The molecular weight excluding hydrogens is 236 g/mol. The molecule has 1 aromatic rings. The van der Waals surface area contributed by atoms with Gasteiger partial charge in [0.2, 0.25) is 5.91 Å². The van der Waals surface area contributed by atoms with Gasteiger partial charge >= 0.3 is 0 Å². The van der Waals surface area contributed by atoms with Gasteiger partial charge in [0, 0.05) is 11.2 Å². The molecule has 0 aliphatic rings. The highest BCUT2D eigenvalue weighted by Crippen LogP contribution is 2.30. The van der Waals surface area contributed by atoms with E-state index in [0.29, 0.717) is 5.92 Å². The van der Waals surface area contributed by atoms with Gasteiger partial charge in [0.15, 0.2) is 0 Å². The minimum atomic E-state index is -0.638. The van der Waals surface area contributed by atoms with Crippen LogP contribution in [0.2, 0.25) is 0 Å². The number of nitrogens with two attached hydrogens (primary N) is 1. The van der Waals surface area contributed by atoms with E-state index in [0.717, 1.165) is 5.69 Å². The van der Waals surface area contributed by atoms with Crippen molar-refractivity contribution in [3.8, 4) is 0 Å². The molecule has 3 nitrogen and oxygen atoms in total. The summed E-state index contributed by atoms with van der Waals surface area (Å²) in [5.41, 5.74) is 6.91. The largest absolute Gasteiger partial charge is 0.326 e. The Hall–Kier alpha value is -1.35. The fraction of sp³-hybridized carbons (Fsp3) is 0.562.